The molecular weight excluding hydrogens is 378 g/mol. The predicted octanol–water partition coefficient (Wildman–Crippen LogP) is 5.07. The molecule has 0 bridgehead atoms. The van der Waals surface area contributed by atoms with Gasteiger partial charge in [-0.05, 0) is 46.3 Å². The highest BCUT2D eigenvalue weighted by atomic mass is 79.9. The van der Waals surface area contributed by atoms with E-state index in [0.29, 0.717) is 0 Å². The van der Waals surface area contributed by atoms with Crippen molar-refractivity contribution in [3.8, 4) is 0 Å². The SMILES string of the molecule is NC(c1cc2cc(Br)ccc2o1)c1cc(Br)cs1. The maximum atomic E-state index is 6.22. The Kier molecular flexibility index (Phi) is 3.32. The molecule has 0 amide bonds. The lowest BCUT2D eigenvalue weighted by molar-refractivity contribution is 0.528. The molecule has 18 heavy (non-hydrogen) atoms. The molecule has 3 rings (SSSR count). The van der Waals surface area contributed by atoms with E-state index < -0.39 is 0 Å². The standard InChI is InChI=1S/C13H9Br2NOS/c14-8-1-2-10-7(3-8)4-11(17-10)13(16)12-5-9(15)6-18-12/h1-6,13H,16H2. The number of nitrogens with two attached hydrogens (primary N) is 1. The van der Waals surface area contributed by atoms with E-state index in [1.165, 1.54) is 0 Å². The zero-order valence-corrected chi connectivity index (χ0v) is 13.2. The number of hydrogen-bond donors (Lipinski definition) is 1. The van der Waals surface area contributed by atoms with Gasteiger partial charge in [-0.2, -0.15) is 0 Å². The number of hydrogen-bond acceptors (Lipinski definition) is 3. The van der Waals surface area contributed by atoms with E-state index in [4.69, 9.17) is 10.2 Å². The van der Waals surface area contributed by atoms with Gasteiger partial charge in [-0.3, -0.25) is 0 Å². The van der Waals surface area contributed by atoms with E-state index in [2.05, 4.69) is 31.9 Å². The number of halogens is 2. The summed E-state index contributed by atoms with van der Waals surface area (Å²) in [6.07, 6.45) is 0. The van der Waals surface area contributed by atoms with Crippen LogP contribution >= 0.6 is 43.2 Å². The van der Waals surface area contributed by atoms with Crippen molar-refractivity contribution in [2.24, 2.45) is 5.73 Å². The fourth-order valence-electron chi connectivity index (χ4n) is 1.82. The zero-order valence-electron chi connectivity index (χ0n) is 9.19. The number of fused-ring (bicyclic) bond motifs is 1. The molecule has 1 aromatic carbocycles. The van der Waals surface area contributed by atoms with E-state index in [1.807, 2.05) is 35.7 Å². The van der Waals surface area contributed by atoms with Crippen molar-refractivity contribution in [1.29, 1.82) is 0 Å². The first-order valence-electron chi connectivity index (χ1n) is 5.32. The minimum absolute atomic E-state index is 0.215. The largest absolute Gasteiger partial charge is 0.459 e. The van der Waals surface area contributed by atoms with Crippen LogP contribution in [0.2, 0.25) is 0 Å². The van der Waals surface area contributed by atoms with Crippen LogP contribution in [0.1, 0.15) is 16.7 Å². The Morgan fingerprint density at radius 3 is 2.67 bits per heavy atom. The highest BCUT2D eigenvalue weighted by molar-refractivity contribution is 9.10. The molecule has 1 unspecified atom stereocenters. The van der Waals surface area contributed by atoms with E-state index in [-0.39, 0.29) is 6.04 Å². The highest BCUT2D eigenvalue weighted by Gasteiger charge is 2.16. The number of furan rings is 1. The molecule has 0 aliphatic carbocycles. The molecule has 0 aliphatic heterocycles. The average molecular weight is 387 g/mol. The lowest BCUT2D eigenvalue weighted by Gasteiger charge is -2.04. The van der Waals surface area contributed by atoms with Gasteiger partial charge in [0.2, 0.25) is 0 Å². The van der Waals surface area contributed by atoms with E-state index in [0.717, 1.165) is 30.6 Å². The summed E-state index contributed by atoms with van der Waals surface area (Å²) in [4.78, 5) is 1.08. The lowest BCUT2D eigenvalue weighted by atomic mass is 10.2. The maximum Gasteiger partial charge on any atom is 0.134 e. The topological polar surface area (TPSA) is 39.2 Å². The Balaban J connectivity index is 2.03. The van der Waals surface area contributed by atoms with Crippen molar-refractivity contribution < 1.29 is 4.42 Å². The minimum atomic E-state index is -0.215. The molecule has 2 aromatic heterocycles. The molecule has 0 spiro atoms. The fourth-order valence-corrected chi connectivity index (χ4v) is 3.65. The third-order valence-corrected chi connectivity index (χ3v) is 4.97. The third-order valence-electron chi connectivity index (χ3n) is 2.70. The first kappa shape index (κ1) is 12.4. The Morgan fingerprint density at radius 1 is 1.11 bits per heavy atom. The van der Waals surface area contributed by atoms with Gasteiger partial charge in [0.05, 0.1) is 6.04 Å². The van der Waals surface area contributed by atoms with Crippen LogP contribution in [0.15, 0.2) is 49.1 Å². The second-order valence-corrected chi connectivity index (χ2v) is 6.75. The molecule has 0 radical (unpaired) electrons. The van der Waals surface area contributed by atoms with Crippen LogP contribution in [0.25, 0.3) is 11.0 Å². The Hall–Kier alpha value is -0.620. The van der Waals surface area contributed by atoms with Gasteiger partial charge in [-0.1, -0.05) is 15.9 Å². The number of benzene rings is 1. The second-order valence-electron chi connectivity index (χ2n) is 3.98. The quantitative estimate of drug-likeness (QED) is 0.667. The smallest absolute Gasteiger partial charge is 0.134 e. The molecule has 5 heteroatoms. The molecule has 0 saturated carbocycles. The fraction of sp³-hybridized carbons (Fsp3) is 0.0769. The summed E-state index contributed by atoms with van der Waals surface area (Å²) in [6.45, 7) is 0. The van der Waals surface area contributed by atoms with Gasteiger partial charge in [-0.25, -0.2) is 0 Å². The molecule has 0 aliphatic rings. The van der Waals surface area contributed by atoms with Crippen LogP contribution in [0.5, 0.6) is 0 Å². The Labute approximate surface area is 125 Å². The molecule has 2 N–H and O–H groups in total. The summed E-state index contributed by atoms with van der Waals surface area (Å²) in [5.41, 5.74) is 7.08. The van der Waals surface area contributed by atoms with Crippen molar-refractivity contribution in [3.63, 3.8) is 0 Å². The lowest BCUT2D eigenvalue weighted by Crippen LogP contribution is -2.08. The van der Waals surface area contributed by atoms with Crippen LogP contribution in [-0.4, -0.2) is 0 Å². The second kappa shape index (κ2) is 4.81. The van der Waals surface area contributed by atoms with Gasteiger partial charge in [-0.15, -0.1) is 11.3 Å². The summed E-state index contributed by atoms with van der Waals surface area (Å²) in [7, 11) is 0. The van der Waals surface area contributed by atoms with Crippen LogP contribution in [-0.2, 0) is 0 Å². The van der Waals surface area contributed by atoms with Crippen molar-refractivity contribution in [2.75, 3.05) is 0 Å². The van der Waals surface area contributed by atoms with Crippen LogP contribution in [0, 0.1) is 0 Å². The average Bonchev–Trinajstić information content (AvgIpc) is 2.93. The highest BCUT2D eigenvalue weighted by Crippen LogP contribution is 2.32. The molecule has 3 aromatic rings. The van der Waals surface area contributed by atoms with E-state index in [9.17, 15) is 0 Å². The summed E-state index contributed by atoms with van der Waals surface area (Å²) in [5, 5.41) is 3.08. The molecule has 1 atom stereocenters. The van der Waals surface area contributed by atoms with Gasteiger partial charge < -0.3 is 10.2 Å². The third kappa shape index (κ3) is 2.28. The van der Waals surface area contributed by atoms with Gasteiger partial charge in [0.25, 0.3) is 0 Å². The molecule has 2 heterocycles. The minimum Gasteiger partial charge on any atom is -0.459 e. The van der Waals surface area contributed by atoms with Gasteiger partial charge in [0, 0.05) is 24.6 Å². The Bertz CT molecular complexity index is 704. The Morgan fingerprint density at radius 2 is 1.94 bits per heavy atom. The maximum absolute atomic E-state index is 6.22. The first-order chi connectivity index (χ1) is 8.63. The van der Waals surface area contributed by atoms with Crippen molar-refractivity contribution in [2.45, 2.75) is 6.04 Å². The summed E-state index contributed by atoms with van der Waals surface area (Å²) in [5.74, 6) is 0.789. The monoisotopic (exact) mass is 385 g/mol. The van der Waals surface area contributed by atoms with Crippen molar-refractivity contribution in [1.82, 2.24) is 0 Å². The summed E-state index contributed by atoms with van der Waals surface area (Å²) >= 11 is 8.51. The van der Waals surface area contributed by atoms with Gasteiger partial charge in [0.1, 0.15) is 11.3 Å². The predicted molar refractivity (Wildman–Crippen MR) is 82.0 cm³/mol. The van der Waals surface area contributed by atoms with Crippen LogP contribution < -0.4 is 5.73 Å². The van der Waals surface area contributed by atoms with Crippen molar-refractivity contribution in [3.05, 3.63) is 55.3 Å². The van der Waals surface area contributed by atoms with E-state index >= 15 is 0 Å². The molecule has 0 fully saturated rings. The molecule has 0 saturated heterocycles. The normalized spacial score (nSPS) is 13.1. The zero-order chi connectivity index (χ0) is 12.7. The van der Waals surface area contributed by atoms with Gasteiger partial charge >= 0.3 is 0 Å². The van der Waals surface area contributed by atoms with Crippen LogP contribution in [0.3, 0.4) is 0 Å². The first-order valence-corrected chi connectivity index (χ1v) is 7.78. The molecular formula is C13H9Br2NOS. The van der Waals surface area contributed by atoms with Crippen molar-refractivity contribution >= 4 is 54.2 Å². The van der Waals surface area contributed by atoms with Gasteiger partial charge in [0.15, 0.2) is 0 Å². The molecule has 92 valence electrons. The summed E-state index contributed by atoms with van der Waals surface area (Å²) < 4.78 is 7.88. The van der Waals surface area contributed by atoms with Crippen LogP contribution in [0.4, 0.5) is 0 Å². The van der Waals surface area contributed by atoms with E-state index in [1.54, 1.807) is 11.3 Å². The summed E-state index contributed by atoms with van der Waals surface area (Å²) in [6, 6.07) is 9.74. The number of rotatable bonds is 2. The molecule has 2 nitrogen and oxygen atoms in total. The number of thiophene rings is 1.